The van der Waals surface area contributed by atoms with Crippen molar-refractivity contribution in [3.8, 4) is 17.0 Å². The van der Waals surface area contributed by atoms with E-state index in [9.17, 15) is 4.79 Å². The highest BCUT2D eigenvalue weighted by molar-refractivity contribution is 6.31. The second kappa shape index (κ2) is 6.73. The first-order chi connectivity index (χ1) is 13.1. The van der Waals surface area contributed by atoms with Crippen LogP contribution in [-0.2, 0) is 7.05 Å². The molecule has 3 heterocycles. The van der Waals surface area contributed by atoms with Crippen LogP contribution in [0.15, 0.2) is 43.0 Å². The number of carbonyl (C=O) groups excluding carboxylic acids is 1. The monoisotopic (exact) mass is 382 g/mol. The van der Waals surface area contributed by atoms with E-state index in [2.05, 4.69) is 25.6 Å². The molecule has 0 aliphatic heterocycles. The SMILES string of the molecule is COc1ccc(Cl)cc1-c1nn(C)cc1NC(=O)c1cncc2cn[nH]c12. The number of methoxy groups -OCH3 is 1. The van der Waals surface area contributed by atoms with E-state index < -0.39 is 0 Å². The zero-order chi connectivity index (χ0) is 19.0. The molecule has 1 amide bonds. The Morgan fingerprint density at radius 3 is 2.96 bits per heavy atom. The molecule has 0 radical (unpaired) electrons. The Labute approximate surface area is 159 Å². The molecule has 136 valence electrons. The number of nitrogens with one attached hydrogen (secondary N) is 2. The van der Waals surface area contributed by atoms with Crippen molar-refractivity contribution < 1.29 is 9.53 Å². The lowest BCUT2D eigenvalue weighted by molar-refractivity contribution is 0.102. The Hall–Kier alpha value is -3.39. The summed E-state index contributed by atoms with van der Waals surface area (Å²) in [4.78, 5) is 16.9. The van der Waals surface area contributed by atoms with E-state index >= 15 is 0 Å². The maximum absolute atomic E-state index is 12.8. The van der Waals surface area contributed by atoms with Gasteiger partial charge in [0.1, 0.15) is 11.4 Å². The molecule has 9 heteroatoms. The normalized spacial score (nSPS) is 10.9. The van der Waals surface area contributed by atoms with E-state index in [4.69, 9.17) is 16.3 Å². The van der Waals surface area contributed by atoms with Crippen LogP contribution in [0.5, 0.6) is 5.75 Å². The van der Waals surface area contributed by atoms with E-state index in [0.717, 1.165) is 5.39 Å². The first-order valence-electron chi connectivity index (χ1n) is 8.03. The van der Waals surface area contributed by atoms with Crippen LogP contribution >= 0.6 is 11.6 Å². The predicted molar refractivity (Wildman–Crippen MR) is 102 cm³/mol. The number of carbonyl (C=O) groups is 1. The minimum Gasteiger partial charge on any atom is -0.496 e. The summed E-state index contributed by atoms with van der Waals surface area (Å²) in [5.41, 5.74) is 2.76. The maximum atomic E-state index is 12.8. The van der Waals surface area contributed by atoms with Gasteiger partial charge < -0.3 is 10.1 Å². The van der Waals surface area contributed by atoms with Crippen LogP contribution in [-0.4, -0.2) is 38.0 Å². The van der Waals surface area contributed by atoms with E-state index in [1.807, 2.05) is 0 Å². The summed E-state index contributed by atoms with van der Waals surface area (Å²) in [5.74, 6) is 0.276. The van der Waals surface area contributed by atoms with Crippen molar-refractivity contribution in [2.24, 2.45) is 7.05 Å². The lowest BCUT2D eigenvalue weighted by Gasteiger charge is -2.10. The number of benzene rings is 1. The first-order valence-corrected chi connectivity index (χ1v) is 8.40. The largest absolute Gasteiger partial charge is 0.496 e. The number of aromatic nitrogens is 5. The van der Waals surface area contributed by atoms with Crippen LogP contribution in [0.2, 0.25) is 5.02 Å². The van der Waals surface area contributed by atoms with Gasteiger partial charge >= 0.3 is 0 Å². The quantitative estimate of drug-likeness (QED) is 0.564. The van der Waals surface area contributed by atoms with Gasteiger partial charge in [-0.2, -0.15) is 10.2 Å². The number of rotatable bonds is 4. The number of pyridine rings is 1. The molecule has 4 rings (SSSR count). The van der Waals surface area contributed by atoms with Gasteiger partial charge in [-0.15, -0.1) is 0 Å². The number of fused-ring (bicyclic) bond motifs is 1. The summed E-state index contributed by atoms with van der Waals surface area (Å²) in [6, 6.07) is 5.23. The van der Waals surface area contributed by atoms with Gasteiger partial charge in [-0.1, -0.05) is 11.6 Å². The average Bonchev–Trinajstić information content (AvgIpc) is 3.27. The topological polar surface area (TPSA) is 97.7 Å². The lowest BCUT2D eigenvalue weighted by Crippen LogP contribution is -2.13. The molecule has 0 aliphatic rings. The molecule has 0 saturated heterocycles. The van der Waals surface area contributed by atoms with Crippen LogP contribution in [0.1, 0.15) is 10.4 Å². The molecule has 0 fully saturated rings. The third-order valence-electron chi connectivity index (χ3n) is 4.09. The number of halogens is 1. The highest BCUT2D eigenvalue weighted by Crippen LogP contribution is 2.36. The second-order valence-corrected chi connectivity index (χ2v) is 6.32. The highest BCUT2D eigenvalue weighted by Gasteiger charge is 2.19. The molecular weight excluding hydrogens is 368 g/mol. The number of hydrogen-bond acceptors (Lipinski definition) is 5. The van der Waals surface area contributed by atoms with Gasteiger partial charge in [0, 0.05) is 41.6 Å². The van der Waals surface area contributed by atoms with E-state index in [0.29, 0.717) is 38.8 Å². The third kappa shape index (κ3) is 3.11. The number of nitrogens with zero attached hydrogens (tertiary/aromatic N) is 4. The second-order valence-electron chi connectivity index (χ2n) is 5.89. The van der Waals surface area contributed by atoms with Crippen molar-refractivity contribution in [2.45, 2.75) is 0 Å². The fourth-order valence-corrected chi connectivity index (χ4v) is 3.04. The first kappa shape index (κ1) is 17.0. The van der Waals surface area contributed by atoms with Crippen LogP contribution in [0.25, 0.3) is 22.2 Å². The Balaban J connectivity index is 1.75. The minimum absolute atomic E-state index is 0.326. The summed E-state index contributed by atoms with van der Waals surface area (Å²) in [6.45, 7) is 0. The van der Waals surface area contributed by atoms with Gasteiger partial charge in [-0.25, -0.2) is 0 Å². The van der Waals surface area contributed by atoms with E-state index in [1.54, 1.807) is 55.6 Å². The molecule has 4 aromatic rings. The standard InChI is InChI=1S/C18H15ClN6O2/c1-25-9-14(17(24-25)12-5-11(19)3-4-15(12)27-2)22-18(26)13-8-20-6-10-7-21-23-16(10)13/h3-9H,1-2H3,(H,21,23)(H,22,26). The molecular formula is C18H15ClN6O2. The smallest absolute Gasteiger partial charge is 0.259 e. The van der Waals surface area contributed by atoms with Crippen molar-refractivity contribution in [1.29, 1.82) is 0 Å². The van der Waals surface area contributed by atoms with Crippen LogP contribution in [0, 0.1) is 0 Å². The predicted octanol–water partition coefficient (Wildman–Crippen LogP) is 3.27. The van der Waals surface area contributed by atoms with Crippen LogP contribution in [0.3, 0.4) is 0 Å². The number of hydrogen-bond donors (Lipinski definition) is 2. The molecule has 0 unspecified atom stereocenters. The number of amides is 1. The average molecular weight is 383 g/mol. The van der Waals surface area contributed by atoms with Gasteiger partial charge in [-0.3, -0.25) is 19.6 Å². The number of aromatic amines is 1. The molecule has 3 aromatic heterocycles. The van der Waals surface area contributed by atoms with E-state index in [1.165, 1.54) is 6.20 Å². The van der Waals surface area contributed by atoms with Gasteiger partial charge in [0.05, 0.1) is 30.1 Å². The number of ether oxygens (including phenoxy) is 1. The zero-order valence-electron chi connectivity index (χ0n) is 14.5. The van der Waals surface area contributed by atoms with Crippen molar-refractivity contribution in [1.82, 2.24) is 25.0 Å². The van der Waals surface area contributed by atoms with Crippen molar-refractivity contribution in [3.05, 3.63) is 53.6 Å². The minimum atomic E-state index is -0.326. The molecule has 8 nitrogen and oxygen atoms in total. The molecule has 0 aliphatic carbocycles. The molecule has 0 atom stereocenters. The fraction of sp³-hybridized carbons (Fsp3) is 0.111. The number of H-pyrrole nitrogens is 1. The Kier molecular flexibility index (Phi) is 4.25. The summed E-state index contributed by atoms with van der Waals surface area (Å²) < 4.78 is 7.02. The van der Waals surface area contributed by atoms with E-state index in [-0.39, 0.29) is 5.91 Å². The van der Waals surface area contributed by atoms with Crippen LogP contribution in [0.4, 0.5) is 5.69 Å². The Bertz CT molecular complexity index is 1150. The van der Waals surface area contributed by atoms with Crippen molar-refractivity contribution in [3.63, 3.8) is 0 Å². The van der Waals surface area contributed by atoms with Gasteiger partial charge in [-0.05, 0) is 18.2 Å². The summed E-state index contributed by atoms with van der Waals surface area (Å²) >= 11 is 6.14. The summed E-state index contributed by atoms with van der Waals surface area (Å²) in [6.07, 6.45) is 6.47. The molecule has 0 bridgehead atoms. The third-order valence-corrected chi connectivity index (χ3v) is 4.33. The number of aryl methyl sites for hydroxylation is 1. The fourth-order valence-electron chi connectivity index (χ4n) is 2.87. The molecule has 1 aromatic carbocycles. The zero-order valence-corrected chi connectivity index (χ0v) is 15.3. The summed E-state index contributed by atoms with van der Waals surface area (Å²) in [5, 5.41) is 15.4. The highest BCUT2D eigenvalue weighted by atomic mass is 35.5. The number of anilines is 1. The van der Waals surface area contributed by atoms with Gasteiger partial charge in [0.15, 0.2) is 0 Å². The Morgan fingerprint density at radius 2 is 2.15 bits per heavy atom. The summed E-state index contributed by atoms with van der Waals surface area (Å²) in [7, 11) is 3.34. The molecule has 0 spiro atoms. The molecule has 27 heavy (non-hydrogen) atoms. The van der Waals surface area contributed by atoms with Crippen LogP contribution < -0.4 is 10.1 Å². The van der Waals surface area contributed by atoms with Gasteiger partial charge in [0.25, 0.3) is 5.91 Å². The molecule has 2 N–H and O–H groups in total. The van der Waals surface area contributed by atoms with Crippen molar-refractivity contribution >= 4 is 34.1 Å². The van der Waals surface area contributed by atoms with Gasteiger partial charge in [0.2, 0.25) is 0 Å². The molecule has 0 saturated carbocycles. The van der Waals surface area contributed by atoms with Crippen molar-refractivity contribution in [2.75, 3.05) is 12.4 Å². The maximum Gasteiger partial charge on any atom is 0.259 e. The Morgan fingerprint density at radius 1 is 1.30 bits per heavy atom. The lowest BCUT2D eigenvalue weighted by atomic mass is 10.1.